The zero-order valence-corrected chi connectivity index (χ0v) is 13.8. The van der Waals surface area contributed by atoms with Gasteiger partial charge in [-0.3, -0.25) is 0 Å². The Bertz CT molecular complexity index is 886. The van der Waals surface area contributed by atoms with Gasteiger partial charge >= 0.3 is 6.03 Å². The van der Waals surface area contributed by atoms with Crippen LogP contribution < -0.4 is 10.6 Å². The van der Waals surface area contributed by atoms with E-state index >= 15 is 0 Å². The quantitative estimate of drug-likeness (QED) is 0.764. The van der Waals surface area contributed by atoms with Crippen LogP contribution in [0.15, 0.2) is 41.2 Å². The molecule has 128 valence electrons. The van der Waals surface area contributed by atoms with Gasteiger partial charge in [-0.25, -0.2) is 14.5 Å². The van der Waals surface area contributed by atoms with Crippen LogP contribution in [-0.4, -0.2) is 32.0 Å². The van der Waals surface area contributed by atoms with E-state index in [4.69, 9.17) is 4.52 Å². The van der Waals surface area contributed by atoms with Crippen molar-refractivity contribution in [1.82, 2.24) is 25.2 Å². The predicted molar refractivity (Wildman–Crippen MR) is 91.0 cm³/mol. The average Bonchev–Trinajstić information content (AvgIpc) is 3.22. The Morgan fingerprint density at radius 1 is 1.32 bits per heavy atom. The minimum atomic E-state index is -0.281. The second-order valence-corrected chi connectivity index (χ2v) is 6.03. The van der Waals surface area contributed by atoms with Gasteiger partial charge in [0.25, 0.3) is 0 Å². The summed E-state index contributed by atoms with van der Waals surface area (Å²) in [4.78, 5) is 16.6. The molecular formula is C17H18N6O2. The molecule has 0 bridgehead atoms. The number of aromatic nitrogens is 4. The number of anilines is 1. The van der Waals surface area contributed by atoms with Crippen LogP contribution in [0.5, 0.6) is 0 Å². The van der Waals surface area contributed by atoms with E-state index in [0.717, 1.165) is 24.2 Å². The van der Waals surface area contributed by atoms with Gasteiger partial charge in [0.2, 0.25) is 0 Å². The fourth-order valence-corrected chi connectivity index (χ4v) is 2.99. The van der Waals surface area contributed by atoms with Gasteiger partial charge in [0.05, 0.1) is 12.6 Å². The first-order valence-electron chi connectivity index (χ1n) is 8.16. The molecule has 8 heteroatoms. The van der Waals surface area contributed by atoms with Crippen LogP contribution in [-0.2, 0) is 13.0 Å². The fourth-order valence-electron chi connectivity index (χ4n) is 2.99. The highest BCUT2D eigenvalue weighted by atomic mass is 16.5. The number of rotatable bonds is 3. The van der Waals surface area contributed by atoms with Crippen molar-refractivity contribution in [2.75, 3.05) is 5.32 Å². The number of urea groups is 1. The van der Waals surface area contributed by atoms with Crippen LogP contribution in [0.4, 0.5) is 10.5 Å². The lowest BCUT2D eigenvalue weighted by Crippen LogP contribution is -2.43. The van der Waals surface area contributed by atoms with Crippen LogP contribution in [0.1, 0.15) is 17.9 Å². The standard InChI is InChI=1S/C17H18N6O2/c1-11-15(16(25-22-11)12-5-3-2-4-6-12)21-17(24)20-13-7-8-14-18-10-19-23(14)9-13/h2-6,10,13H,7-9H2,1H3,(H2,20,21,24). The molecule has 0 saturated heterocycles. The molecule has 2 aromatic heterocycles. The van der Waals surface area contributed by atoms with Crippen molar-refractivity contribution in [1.29, 1.82) is 0 Å². The molecule has 1 aliphatic heterocycles. The molecule has 8 nitrogen and oxygen atoms in total. The molecule has 1 atom stereocenters. The molecule has 2 N–H and O–H groups in total. The Balaban J connectivity index is 1.46. The SMILES string of the molecule is Cc1noc(-c2ccccc2)c1NC(=O)NC1CCc2ncnn2C1. The molecule has 3 heterocycles. The van der Waals surface area contributed by atoms with Crippen LogP contribution in [0, 0.1) is 6.92 Å². The Hall–Kier alpha value is -3.16. The van der Waals surface area contributed by atoms with E-state index in [0.29, 0.717) is 23.7 Å². The second-order valence-electron chi connectivity index (χ2n) is 6.03. The first-order chi connectivity index (χ1) is 12.2. The molecule has 0 spiro atoms. The average molecular weight is 338 g/mol. The van der Waals surface area contributed by atoms with Gasteiger partial charge in [-0.1, -0.05) is 35.5 Å². The highest BCUT2D eigenvalue weighted by Gasteiger charge is 2.23. The smallest absolute Gasteiger partial charge is 0.319 e. The van der Waals surface area contributed by atoms with Gasteiger partial charge < -0.3 is 15.2 Å². The summed E-state index contributed by atoms with van der Waals surface area (Å²) in [7, 11) is 0. The lowest BCUT2D eigenvalue weighted by atomic mass is 10.1. The molecule has 25 heavy (non-hydrogen) atoms. The third kappa shape index (κ3) is 3.10. The highest BCUT2D eigenvalue weighted by molar-refractivity contribution is 5.94. The van der Waals surface area contributed by atoms with E-state index in [9.17, 15) is 4.79 Å². The van der Waals surface area contributed by atoms with E-state index in [1.807, 2.05) is 35.0 Å². The topological polar surface area (TPSA) is 97.9 Å². The lowest BCUT2D eigenvalue weighted by molar-refractivity contribution is 0.243. The number of benzene rings is 1. The molecular weight excluding hydrogens is 320 g/mol. The summed E-state index contributed by atoms with van der Waals surface area (Å²) in [5.74, 6) is 1.51. The summed E-state index contributed by atoms with van der Waals surface area (Å²) in [6, 6.07) is 9.30. The summed E-state index contributed by atoms with van der Waals surface area (Å²) in [5, 5.41) is 14.0. The Morgan fingerprint density at radius 2 is 2.16 bits per heavy atom. The number of amides is 2. The number of carbonyl (C=O) groups is 1. The lowest BCUT2D eigenvalue weighted by Gasteiger charge is -2.23. The van der Waals surface area contributed by atoms with E-state index in [2.05, 4.69) is 25.9 Å². The Kier molecular flexibility index (Phi) is 3.93. The molecule has 0 saturated carbocycles. The monoisotopic (exact) mass is 338 g/mol. The van der Waals surface area contributed by atoms with Gasteiger partial charge in [0.1, 0.15) is 23.5 Å². The number of aryl methyl sites for hydroxylation is 2. The molecule has 3 aromatic rings. The van der Waals surface area contributed by atoms with Crippen molar-refractivity contribution in [3.05, 3.63) is 48.2 Å². The van der Waals surface area contributed by atoms with Crippen LogP contribution in [0.3, 0.4) is 0 Å². The molecule has 0 radical (unpaired) electrons. The van der Waals surface area contributed by atoms with Crippen molar-refractivity contribution in [2.24, 2.45) is 0 Å². The largest absolute Gasteiger partial charge is 0.354 e. The Morgan fingerprint density at radius 3 is 3.00 bits per heavy atom. The molecule has 1 aliphatic rings. The van der Waals surface area contributed by atoms with E-state index in [-0.39, 0.29) is 12.1 Å². The minimum absolute atomic E-state index is 0.00883. The third-order valence-electron chi connectivity index (χ3n) is 4.28. The van der Waals surface area contributed by atoms with Crippen molar-refractivity contribution in [3.8, 4) is 11.3 Å². The van der Waals surface area contributed by atoms with Crippen LogP contribution in [0.25, 0.3) is 11.3 Å². The number of hydrogen-bond acceptors (Lipinski definition) is 5. The number of fused-ring (bicyclic) bond motifs is 1. The van der Waals surface area contributed by atoms with E-state index < -0.39 is 0 Å². The highest BCUT2D eigenvalue weighted by Crippen LogP contribution is 2.30. The molecule has 0 aliphatic carbocycles. The van der Waals surface area contributed by atoms with Gasteiger partial charge in [0, 0.05) is 12.0 Å². The summed E-state index contributed by atoms with van der Waals surface area (Å²) in [6.07, 6.45) is 3.18. The normalized spacial score (nSPS) is 16.3. The summed E-state index contributed by atoms with van der Waals surface area (Å²) in [6.45, 7) is 2.42. The molecule has 1 aromatic carbocycles. The van der Waals surface area contributed by atoms with Crippen molar-refractivity contribution < 1.29 is 9.32 Å². The fraction of sp³-hybridized carbons (Fsp3) is 0.294. The number of nitrogens with one attached hydrogen (secondary N) is 2. The zero-order valence-electron chi connectivity index (χ0n) is 13.8. The maximum atomic E-state index is 12.4. The van der Waals surface area contributed by atoms with E-state index in [1.165, 1.54) is 0 Å². The minimum Gasteiger partial charge on any atom is -0.354 e. The van der Waals surface area contributed by atoms with Crippen molar-refractivity contribution in [2.45, 2.75) is 32.4 Å². The molecule has 1 unspecified atom stereocenters. The molecule has 2 amide bonds. The van der Waals surface area contributed by atoms with Gasteiger partial charge in [-0.15, -0.1) is 0 Å². The summed E-state index contributed by atoms with van der Waals surface area (Å²) in [5.41, 5.74) is 2.08. The maximum absolute atomic E-state index is 12.4. The predicted octanol–water partition coefficient (Wildman–Crippen LogP) is 2.38. The Labute approximate surface area is 144 Å². The maximum Gasteiger partial charge on any atom is 0.319 e. The first kappa shape index (κ1) is 15.4. The zero-order chi connectivity index (χ0) is 17.2. The van der Waals surface area contributed by atoms with Gasteiger partial charge in [-0.05, 0) is 13.3 Å². The summed E-state index contributed by atoms with van der Waals surface area (Å²) < 4.78 is 7.22. The van der Waals surface area contributed by atoms with Crippen LogP contribution >= 0.6 is 0 Å². The molecule has 4 rings (SSSR count). The molecule has 0 fully saturated rings. The van der Waals surface area contributed by atoms with Gasteiger partial charge in [-0.2, -0.15) is 5.10 Å². The number of carbonyl (C=O) groups excluding carboxylic acids is 1. The summed E-state index contributed by atoms with van der Waals surface area (Å²) >= 11 is 0. The van der Waals surface area contributed by atoms with Crippen molar-refractivity contribution >= 4 is 11.7 Å². The van der Waals surface area contributed by atoms with Crippen molar-refractivity contribution in [3.63, 3.8) is 0 Å². The third-order valence-corrected chi connectivity index (χ3v) is 4.28. The van der Waals surface area contributed by atoms with Crippen LogP contribution in [0.2, 0.25) is 0 Å². The second kappa shape index (κ2) is 6.39. The van der Waals surface area contributed by atoms with Gasteiger partial charge in [0.15, 0.2) is 5.76 Å². The van der Waals surface area contributed by atoms with E-state index in [1.54, 1.807) is 13.3 Å². The number of hydrogen-bond donors (Lipinski definition) is 2. The number of nitrogens with zero attached hydrogens (tertiary/aromatic N) is 4. The first-order valence-corrected chi connectivity index (χ1v) is 8.16.